The van der Waals surface area contributed by atoms with Gasteiger partial charge in [0.1, 0.15) is 0 Å². The second-order valence-electron chi connectivity index (χ2n) is 5.61. The highest BCUT2D eigenvalue weighted by Crippen LogP contribution is 2.08. The lowest BCUT2D eigenvalue weighted by atomic mass is 10.1. The van der Waals surface area contributed by atoms with Gasteiger partial charge in [-0.2, -0.15) is 0 Å². The van der Waals surface area contributed by atoms with E-state index in [9.17, 15) is 9.59 Å². The van der Waals surface area contributed by atoms with Crippen molar-refractivity contribution in [2.45, 2.75) is 27.3 Å². The summed E-state index contributed by atoms with van der Waals surface area (Å²) in [6, 6.07) is 9.57. The minimum absolute atomic E-state index is 0.110. The zero-order valence-corrected chi connectivity index (χ0v) is 14.4. The van der Waals surface area contributed by atoms with Crippen molar-refractivity contribution in [1.29, 1.82) is 0 Å². The minimum Gasteiger partial charge on any atom is -0.348 e. The molecule has 1 aromatic heterocycles. The van der Waals surface area contributed by atoms with Crippen molar-refractivity contribution < 1.29 is 9.59 Å². The van der Waals surface area contributed by atoms with Gasteiger partial charge in [-0.1, -0.05) is 29.8 Å². The van der Waals surface area contributed by atoms with E-state index in [4.69, 9.17) is 0 Å². The molecule has 1 aromatic carbocycles. The summed E-state index contributed by atoms with van der Waals surface area (Å²) in [7, 11) is 0. The molecule has 0 unspecified atom stereocenters. The Hall–Kier alpha value is -2.69. The third kappa shape index (κ3) is 4.41. The predicted octanol–water partition coefficient (Wildman–Crippen LogP) is 2.80. The molecule has 0 aliphatic heterocycles. The van der Waals surface area contributed by atoms with Crippen molar-refractivity contribution >= 4 is 11.8 Å². The lowest BCUT2D eigenvalue weighted by Gasteiger charge is -2.18. The van der Waals surface area contributed by atoms with Crippen LogP contribution in [0.2, 0.25) is 0 Å². The molecule has 24 heavy (non-hydrogen) atoms. The van der Waals surface area contributed by atoms with Crippen LogP contribution in [-0.4, -0.2) is 34.8 Å². The zero-order chi connectivity index (χ0) is 17.5. The highest BCUT2D eigenvalue weighted by Gasteiger charge is 2.15. The summed E-state index contributed by atoms with van der Waals surface area (Å²) in [5.41, 5.74) is 3.02. The molecule has 0 saturated carbocycles. The molecule has 5 heteroatoms. The molecule has 5 nitrogen and oxygen atoms in total. The fourth-order valence-corrected chi connectivity index (χ4v) is 2.36. The van der Waals surface area contributed by atoms with Crippen LogP contribution in [0.5, 0.6) is 0 Å². The Balaban J connectivity index is 2.05. The number of amides is 2. The van der Waals surface area contributed by atoms with E-state index in [1.54, 1.807) is 11.0 Å². The number of nitrogens with one attached hydrogen (secondary N) is 1. The number of pyridine rings is 1. The molecule has 0 spiro atoms. The monoisotopic (exact) mass is 325 g/mol. The van der Waals surface area contributed by atoms with E-state index in [-0.39, 0.29) is 11.8 Å². The summed E-state index contributed by atoms with van der Waals surface area (Å²) >= 11 is 0. The van der Waals surface area contributed by atoms with Crippen molar-refractivity contribution in [2.75, 3.05) is 13.1 Å². The number of hydrogen-bond acceptors (Lipinski definition) is 3. The normalized spacial score (nSPS) is 10.3. The first-order chi connectivity index (χ1) is 11.5. The molecule has 0 saturated heterocycles. The van der Waals surface area contributed by atoms with Gasteiger partial charge < -0.3 is 10.2 Å². The summed E-state index contributed by atoms with van der Waals surface area (Å²) < 4.78 is 0. The van der Waals surface area contributed by atoms with Crippen LogP contribution in [0.4, 0.5) is 0 Å². The number of benzene rings is 1. The largest absolute Gasteiger partial charge is 0.348 e. The summed E-state index contributed by atoms with van der Waals surface area (Å²) in [5.74, 6) is -0.349. The molecule has 2 aromatic rings. The van der Waals surface area contributed by atoms with Crippen LogP contribution in [0.1, 0.15) is 45.7 Å². The fraction of sp³-hybridized carbons (Fsp3) is 0.316. The highest BCUT2D eigenvalue weighted by atomic mass is 16.2. The van der Waals surface area contributed by atoms with Gasteiger partial charge in [0.25, 0.3) is 11.8 Å². The molecule has 126 valence electrons. The molecule has 0 aliphatic carbocycles. The molecule has 0 bridgehead atoms. The van der Waals surface area contributed by atoms with E-state index in [0.717, 1.165) is 5.56 Å². The Bertz CT molecular complexity index is 707. The standard InChI is InChI=1S/C19H23N3O2/c1-4-22(5-2)19(24)17-10-16(12-20-13-17)18(23)21-11-15-8-6-14(3)7-9-15/h6-10,12-13H,4-5,11H2,1-3H3,(H,21,23). The van der Waals surface area contributed by atoms with Crippen molar-refractivity contribution in [2.24, 2.45) is 0 Å². The van der Waals surface area contributed by atoms with Gasteiger partial charge in [0.15, 0.2) is 0 Å². The second kappa shape index (κ2) is 8.24. The van der Waals surface area contributed by atoms with Crippen LogP contribution in [-0.2, 0) is 6.54 Å². The Kier molecular flexibility index (Phi) is 6.07. The maximum Gasteiger partial charge on any atom is 0.255 e. The van der Waals surface area contributed by atoms with Gasteiger partial charge in [0.2, 0.25) is 0 Å². The molecular formula is C19H23N3O2. The summed E-state index contributed by atoms with van der Waals surface area (Å²) in [4.78, 5) is 30.4. The number of hydrogen-bond donors (Lipinski definition) is 1. The Morgan fingerprint density at radius 2 is 1.67 bits per heavy atom. The molecule has 0 atom stereocenters. The van der Waals surface area contributed by atoms with Gasteiger partial charge in [-0.15, -0.1) is 0 Å². The summed E-state index contributed by atoms with van der Waals surface area (Å²) in [5, 5.41) is 2.85. The number of aryl methyl sites for hydroxylation is 1. The SMILES string of the molecule is CCN(CC)C(=O)c1cncc(C(=O)NCc2ccc(C)cc2)c1. The van der Waals surface area contributed by atoms with Gasteiger partial charge >= 0.3 is 0 Å². The lowest BCUT2D eigenvalue weighted by Crippen LogP contribution is -2.31. The molecule has 1 N–H and O–H groups in total. The predicted molar refractivity (Wildman–Crippen MR) is 93.8 cm³/mol. The first-order valence-corrected chi connectivity index (χ1v) is 8.13. The molecule has 2 amide bonds. The van der Waals surface area contributed by atoms with E-state index >= 15 is 0 Å². The van der Waals surface area contributed by atoms with E-state index in [2.05, 4.69) is 10.3 Å². The average molecular weight is 325 g/mol. The first kappa shape index (κ1) is 17.7. The van der Waals surface area contributed by atoms with Crippen LogP contribution in [0.25, 0.3) is 0 Å². The molecule has 0 aliphatic rings. The quantitative estimate of drug-likeness (QED) is 0.888. The van der Waals surface area contributed by atoms with Gasteiger partial charge in [0.05, 0.1) is 11.1 Å². The fourth-order valence-electron chi connectivity index (χ4n) is 2.36. The van der Waals surface area contributed by atoms with Gasteiger partial charge in [-0.25, -0.2) is 0 Å². The summed E-state index contributed by atoms with van der Waals surface area (Å²) in [6.45, 7) is 7.55. The van der Waals surface area contributed by atoms with Crippen molar-refractivity contribution in [3.05, 3.63) is 65.0 Å². The average Bonchev–Trinajstić information content (AvgIpc) is 2.62. The number of nitrogens with zero attached hydrogens (tertiary/aromatic N) is 2. The highest BCUT2D eigenvalue weighted by molar-refractivity contribution is 5.99. The Morgan fingerprint density at radius 1 is 1.04 bits per heavy atom. The van der Waals surface area contributed by atoms with Gasteiger partial charge in [-0.3, -0.25) is 14.6 Å². The molecule has 1 heterocycles. The molecule has 0 fully saturated rings. The maximum atomic E-state index is 12.3. The van der Waals surface area contributed by atoms with Crippen LogP contribution in [0.15, 0.2) is 42.7 Å². The Labute approximate surface area is 142 Å². The smallest absolute Gasteiger partial charge is 0.255 e. The van der Waals surface area contributed by atoms with Crippen LogP contribution < -0.4 is 5.32 Å². The van der Waals surface area contributed by atoms with Crippen molar-refractivity contribution in [3.63, 3.8) is 0 Å². The van der Waals surface area contributed by atoms with E-state index < -0.39 is 0 Å². The van der Waals surface area contributed by atoms with E-state index in [1.807, 2.05) is 45.0 Å². The molecule has 0 radical (unpaired) electrons. The Morgan fingerprint density at radius 3 is 2.29 bits per heavy atom. The number of carbonyl (C=O) groups is 2. The van der Waals surface area contributed by atoms with Crippen LogP contribution in [0, 0.1) is 6.92 Å². The molecular weight excluding hydrogens is 302 g/mol. The number of aromatic nitrogens is 1. The zero-order valence-electron chi connectivity index (χ0n) is 14.4. The number of carbonyl (C=O) groups excluding carboxylic acids is 2. The summed E-state index contributed by atoms with van der Waals surface area (Å²) in [6.07, 6.45) is 2.97. The topological polar surface area (TPSA) is 62.3 Å². The van der Waals surface area contributed by atoms with Crippen LogP contribution in [0.3, 0.4) is 0 Å². The van der Waals surface area contributed by atoms with Gasteiger partial charge in [0, 0.05) is 32.0 Å². The molecule has 2 rings (SSSR count). The van der Waals surface area contributed by atoms with Crippen molar-refractivity contribution in [3.8, 4) is 0 Å². The lowest BCUT2D eigenvalue weighted by molar-refractivity contribution is 0.0772. The first-order valence-electron chi connectivity index (χ1n) is 8.13. The third-order valence-corrected chi connectivity index (χ3v) is 3.87. The van der Waals surface area contributed by atoms with E-state index in [1.165, 1.54) is 18.0 Å². The second-order valence-corrected chi connectivity index (χ2v) is 5.61. The van der Waals surface area contributed by atoms with Crippen molar-refractivity contribution in [1.82, 2.24) is 15.2 Å². The maximum absolute atomic E-state index is 12.3. The van der Waals surface area contributed by atoms with Gasteiger partial charge in [-0.05, 0) is 32.4 Å². The third-order valence-electron chi connectivity index (χ3n) is 3.87. The van der Waals surface area contributed by atoms with Crippen LogP contribution >= 0.6 is 0 Å². The van der Waals surface area contributed by atoms with E-state index in [0.29, 0.717) is 30.8 Å². The minimum atomic E-state index is -0.239. The number of rotatable bonds is 6.